The molecule has 0 aliphatic carbocycles. The standard InChI is InChI=1S/C28H29NO2S/c1-5-20-29(32(30,31)27-18-12-24(4)13-19-27)21-6-7-28(25-14-8-22(2)9-15-25)26-16-10-23(3)11-17-26/h1,7-19H,6,20-21H2,2-4H3. The van der Waals surface area contributed by atoms with Crippen LogP contribution in [0.4, 0.5) is 0 Å². The van der Waals surface area contributed by atoms with E-state index in [1.54, 1.807) is 24.3 Å². The Morgan fingerprint density at radius 1 is 0.812 bits per heavy atom. The van der Waals surface area contributed by atoms with Crippen LogP contribution in [0.25, 0.3) is 5.57 Å². The lowest BCUT2D eigenvalue weighted by atomic mass is 9.95. The molecule has 0 bridgehead atoms. The van der Waals surface area contributed by atoms with Gasteiger partial charge in [-0.15, -0.1) is 6.42 Å². The molecule has 3 aromatic rings. The molecule has 4 heteroatoms. The fourth-order valence-corrected chi connectivity index (χ4v) is 4.84. The zero-order chi connectivity index (χ0) is 23.1. The molecule has 0 saturated carbocycles. The summed E-state index contributed by atoms with van der Waals surface area (Å²) in [6.07, 6.45) is 8.14. The highest BCUT2D eigenvalue weighted by Gasteiger charge is 2.23. The fourth-order valence-electron chi connectivity index (χ4n) is 3.47. The number of terminal acetylenes is 1. The number of nitrogens with zero attached hydrogens (tertiary/aromatic N) is 1. The van der Waals surface area contributed by atoms with Crippen molar-refractivity contribution in [2.75, 3.05) is 13.1 Å². The minimum atomic E-state index is -3.66. The Labute approximate surface area is 192 Å². The summed E-state index contributed by atoms with van der Waals surface area (Å²) in [6.45, 7) is 6.40. The normalized spacial score (nSPS) is 11.2. The first-order chi connectivity index (χ1) is 15.3. The Bertz CT molecular complexity index is 1170. The third-order valence-corrected chi connectivity index (χ3v) is 7.24. The van der Waals surface area contributed by atoms with Gasteiger partial charge in [0, 0.05) is 6.54 Å². The summed E-state index contributed by atoms with van der Waals surface area (Å²) in [5, 5.41) is 0. The van der Waals surface area contributed by atoms with Crippen LogP contribution in [-0.2, 0) is 10.0 Å². The van der Waals surface area contributed by atoms with Crippen molar-refractivity contribution in [3.63, 3.8) is 0 Å². The van der Waals surface area contributed by atoms with E-state index in [2.05, 4.69) is 74.4 Å². The van der Waals surface area contributed by atoms with Crippen molar-refractivity contribution < 1.29 is 8.42 Å². The molecule has 0 spiro atoms. The Kier molecular flexibility index (Phi) is 7.69. The van der Waals surface area contributed by atoms with Crippen LogP contribution in [-0.4, -0.2) is 25.8 Å². The minimum Gasteiger partial charge on any atom is -0.207 e. The van der Waals surface area contributed by atoms with Crippen LogP contribution in [0, 0.1) is 33.1 Å². The van der Waals surface area contributed by atoms with Crippen LogP contribution in [0.3, 0.4) is 0 Å². The van der Waals surface area contributed by atoms with Gasteiger partial charge in [-0.2, -0.15) is 4.31 Å². The molecule has 0 unspecified atom stereocenters. The molecule has 0 saturated heterocycles. The summed E-state index contributed by atoms with van der Waals surface area (Å²) in [6, 6.07) is 23.6. The van der Waals surface area contributed by atoms with E-state index >= 15 is 0 Å². The van der Waals surface area contributed by atoms with Crippen LogP contribution in [0.5, 0.6) is 0 Å². The number of hydrogen-bond donors (Lipinski definition) is 0. The molecule has 3 rings (SSSR count). The summed E-state index contributed by atoms with van der Waals surface area (Å²) in [4.78, 5) is 0.264. The molecular formula is C28H29NO2S. The van der Waals surface area contributed by atoms with Crippen molar-refractivity contribution in [1.82, 2.24) is 4.31 Å². The maximum atomic E-state index is 13.1. The van der Waals surface area contributed by atoms with Crippen molar-refractivity contribution in [3.8, 4) is 12.3 Å². The first-order valence-corrected chi connectivity index (χ1v) is 12.1. The van der Waals surface area contributed by atoms with Crippen LogP contribution >= 0.6 is 0 Å². The van der Waals surface area contributed by atoms with Gasteiger partial charge >= 0.3 is 0 Å². The first-order valence-electron chi connectivity index (χ1n) is 10.7. The Morgan fingerprint density at radius 3 is 1.69 bits per heavy atom. The van der Waals surface area contributed by atoms with E-state index in [9.17, 15) is 8.42 Å². The van der Waals surface area contributed by atoms with E-state index in [0.717, 1.165) is 22.3 Å². The third kappa shape index (κ3) is 5.76. The second-order valence-corrected chi connectivity index (χ2v) is 9.93. The van der Waals surface area contributed by atoms with E-state index in [0.29, 0.717) is 13.0 Å². The van der Waals surface area contributed by atoms with Crippen molar-refractivity contribution in [3.05, 3.63) is 107 Å². The molecule has 0 heterocycles. The SMILES string of the molecule is C#CCN(CCC=C(c1ccc(C)cc1)c1ccc(C)cc1)S(=O)(=O)c1ccc(C)cc1. The molecule has 3 nitrogen and oxygen atoms in total. The van der Waals surface area contributed by atoms with Crippen LogP contribution < -0.4 is 0 Å². The molecule has 164 valence electrons. The molecular weight excluding hydrogens is 414 g/mol. The fraction of sp³-hybridized carbons (Fsp3) is 0.214. The van der Waals surface area contributed by atoms with Gasteiger partial charge in [-0.05, 0) is 56.0 Å². The van der Waals surface area contributed by atoms with Gasteiger partial charge in [0.05, 0.1) is 11.4 Å². The topological polar surface area (TPSA) is 37.4 Å². The average Bonchev–Trinajstić information content (AvgIpc) is 2.78. The maximum Gasteiger partial charge on any atom is 0.243 e. The van der Waals surface area contributed by atoms with E-state index in [-0.39, 0.29) is 11.4 Å². The lowest BCUT2D eigenvalue weighted by Crippen LogP contribution is -2.32. The highest BCUT2D eigenvalue weighted by atomic mass is 32.2. The second kappa shape index (κ2) is 10.5. The zero-order valence-corrected chi connectivity index (χ0v) is 19.7. The van der Waals surface area contributed by atoms with Gasteiger partial charge in [0.15, 0.2) is 0 Å². The van der Waals surface area contributed by atoms with Crippen molar-refractivity contribution >= 4 is 15.6 Å². The minimum absolute atomic E-state index is 0.0362. The van der Waals surface area contributed by atoms with E-state index in [4.69, 9.17) is 6.42 Å². The monoisotopic (exact) mass is 443 g/mol. The van der Waals surface area contributed by atoms with Crippen molar-refractivity contribution in [2.24, 2.45) is 0 Å². The molecule has 0 amide bonds. The predicted molar refractivity (Wildman–Crippen MR) is 133 cm³/mol. The molecule has 0 aliphatic rings. The Hall–Kier alpha value is -3.13. The van der Waals surface area contributed by atoms with E-state index < -0.39 is 10.0 Å². The number of hydrogen-bond acceptors (Lipinski definition) is 2. The summed E-state index contributed by atoms with van der Waals surface area (Å²) < 4.78 is 27.6. The summed E-state index contributed by atoms with van der Waals surface area (Å²) in [5.74, 6) is 2.50. The largest absolute Gasteiger partial charge is 0.243 e. The summed E-state index contributed by atoms with van der Waals surface area (Å²) in [7, 11) is -3.66. The smallest absolute Gasteiger partial charge is 0.207 e. The number of benzene rings is 3. The quantitative estimate of drug-likeness (QED) is 0.415. The number of aryl methyl sites for hydroxylation is 3. The second-order valence-electron chi connectivity index (χ2n) is 7.99. The van der Waals surface area contributed by atoms with Crippen molar-refractivity contribution in [2.45, 2.75) is 32.1 Å². The lowest BCUT2D eigenvalue weighted by molar-refractivity contribution is 0.452. The summed E-state index contributed by atoms with van der Waals surface area (Å²) in [5.41, 5.74) is 6.69. The average molecular weight is 444 g/mol. The number of rotatable bonds is 8. The lowest BCUT2D eigenvalue weighted by Gasteiger charge is -2.20. The Morgan fingerprint density at radius 2 is 1.25 bits per heavy atom. The van der Waals surface area contributed by atoms with Crippen molar-refractivity contribution in [1.29, 1.82) is 0 Å². The number of sulfonamides is 1. The van der Waals surface area contributed by atoms with E-state index in [1.165, 1.54) is 15.4 Å². The van der Waals surface area contributed by atoms with Gasteiger partial charge in [-0.1, -0.05) is 89.4 Å². The predicted octanol–water partition coefficient (Wildman–Crippen LogP) is 5.76. The van der Waals surface area contributed by atoms with Crippen LogP contribution in [0.1, 0.15) is 34.2 Å². The maximum absolute atomic E-state index is 13.1. The zero-order valence-electron chi connectivity index (χ0n) is 18.9. The molecule has 32 heavy (non-hydrogen) atoms. The molecule has 0 aromatic heterocycles. The molecule has 0 aliphatic heterocycles. The Balaban J connectivity index is 1.89. The van der Waals surface area contributed by atoms with Gasteiger partial charge in [0.1, 0.15) is 0 Å². The van der Waals surface area contributed by atoms with Gasteiger partial charge in [0.2, 0.25) is 10.0 Å². The third-order valence-electron chi connectivity index (χ3n) is 5.38. The highest BCUT2D eigenvalue weighted by Crippen LogP contribution is 2.25. The first kappa shape index (κ1) is 23.5. The van der Waals surface area contributed by atoms with Gasteiger partial charge in [0.25, 0.3) is 0 Å². The molecule has 3 aromatic carbocycles. The van der Waals surface area contributed by atoms with Crippen LogP contribution in [0.2, 0.25) is 0 Å². The molecule has 0 radical (unpaired) electrons. The molecule has 0 N–H and O–H groups in total. The van der Waals surface area contributed by atoms with Crippen LogP contribution in [0.15, 0.2) is 83.8 Å². The summed E-state index contributed by atoms with van der Waals surface area (Å²) >= 11 is 0. The molecule has 0 fully saturated rings. The van der Waals surface area contributed by atoms with Gasteiger partial charge < -0.3 is 0 Å². The molecule has 0 atom stereocenters. The van der Waals surface area contributed by atoms with Gasteiger partial charge in [-0.25, -0.2) is 8.42 Å². The van der Waals surface area contributed by atoms with Gasteiger partial charge in [-0.3, -0.25) is 0 Å². The highest BCUT2D eigenvalue weighted by molar-refractivity contribution is 7.89. The van der Waals surface area contributed by atoms with E-state index in [1.807, 2.05) is 6.92 Å².